The van der Waals surface area contributed by atoms with E-state index in [0.29, 0.717) is 12.1 Å². The van der Waals surface area contributed by atoms with Crippen molar-refractivity contribution >= 4 is 29.9 Å². The maximum absolute atomic E-state index is 4.33. The maximum atomic E-state index is 4.33. The second-order valence-corrected chi connectivity index (χ2v) is 6.17. The summed E-state index contributed by atoms with van der Waals surface area (Å²) in [6.45, 7) is 8.73. The summed E-state index contributed by atoms with van der Waals surface area (Å²) in [7, 11) is 1.84. The minimum absolute atomic E-state index is 0. The van der Waals surface area contributed by atoms with Gasteiger partial charge >= 0.3 is 0 Å². The average Bonchev–Trinajstić information content (AvgIpc) is 3.04. The van der Waals surface area contributed by atoms with Crippen molar-refractivity contribution in [3.63, 3.8) is 0 Å². The molecule has 0 amide bonds. The van der Waals surface area contributed by atoms with Crippen LogP contribution in [0.25, 0.3) is 0 Å². The van der Waals surface area contributed by atoms with Crippen LogP contribution in [0.3, 0.4) is 0 Å². The molecule has 1 aliphatic rings. The molecule has 132 valence electrons. The third kappa shape index (κ3) is 7.07. The Morgan fingerprint density at radius 2 is 2.09 bits per heavy atom. The third-order valence-electron chi connectivity index (χ3n) is 4.24. The summed E-state index contributed by atoms with van der Waals surface area (Å²) < 4.78 is 1.96. The van der Waals surface area contributed by atoms with Crippen LogP contribution in [0.5, 0.6) is 0 Å². The molecule has 1 aliphatic heterocycles. The van der Waals surface area contributed by atoms with E-state index in [0.717, 1.165) is 25.5 Å². The van der Waals surface area contributed by atoms with Crippen molar-refractivity contribution in [2.45, 2.75) is 51.7 Å². The van der Waals surface area contributed by atoms with Crippen LogP contribution >= 0.6 is 24.0 Å². The molecule has 2 rings (SSSR count). The SMILES string of the molecule is CN=C(NCCCn1cccn1)NC1CCN(C(C)C)CC1.I. The topological polar surface area (TPSA) is 57.5 Å². The molecule has 6 nitrogen and oxygen atoms in total. The van der Waals surface area contributed by atoms with E-state index in [2.05, 4.69) is 39.5 Å². The summed E-state index contributed by atoms with van der Waals surface area (Å²) >= 11 is 0. The minimum Gasteiger partial charge on any atom is -0.356 e. The predicted octanol–water partition coefficient (Wildman–Crippen LogP) is 1.93. The molecular weight excluding hydrogens is 403 g/mol. The van der Waals surface area contributed by atoms with Crippen molar-refractivity contribution in [1.82, 2.24) is 25.3 Å². The summed E-state index contributed by atoms with van der Waals surface area (Å²) in [4.78, 5) is 6.87. The largest absolute Gasteiger partial charge is 0.356 e. The highest BCUT2D eigenvalue weighted by Gasteiger charge is 2.21. The summed E-state index contributed by atoms with van der Waals surface area (Å²) in [5, 5.41) is 11.2. The van der Waals surface area contributed by atoms with Gasteiger partial charge in [0.15, 0.2) is 5.96 Å². The zero-order valence-corrected chi connectivity index (χ0v) is 16.9. The van der Waals surface area contributed by atoms with Gasteiger partial charge in [0.1, 0.15) is 0 Å². The molecule has 1 fully saturated rings. The highest BCUT2D eigenvalue weighted by molar-refractivity contribution is 14.0. The van der Waals surface area contributed by atoms with E-state index < -0.39 is 0 Å². The van der Waals surface area contributed by atoms with Crippen molar-refractivity contribution < 1.29 is 0 Å². The number of nitrogens with zero attached hydrogens (tertiary/aromatic N) is 4. The summed E-state index contributed by atoms with van der Waals surface area (Å²) in [5.74, 6) is 0.920. The van der Waals surface area contributed by atoms with Crippen LogP contribution in [-0.4, -0.2) is 59.4 Å². The van der Waals surface area contributed by atoms with E-state index in [4.69, 9.17) is 0 Å². The molecule has 0 atom stereocenters. The fourth-order valence-electron chi connectivity index (χ4n) is 2.83. The number of hydrogen-bond acceptors (Lipinski definition) is 3. The summed E-state index contributed by atoms with van der Waals surface area (Å²) in [5.41, 5.74) is 0. The molecular formula is C16H31IN6. The highest BCUT2D eigenvalue weighted by atomic mass is 127. The monoisotopic (exact) mass is 434 g/mol. The molecule has 1 aromatic rings. The van der Waals surface area contributed by atoms with Crippen molar-refractivity contribution in [3.05, 3.63) is 18.5 Å². The molecule has 0 spiro atoms. The molecule has 2 heterocycles. The smallest absolute Gasteiger partial charge is 0.191 e. The first kappa shape index (κ1) is 20.2. The van der Waals surface area contributed by atoms with Gasteiger partial charge in [-0.05, 0) is 39.2 Å². The Labute approximate surface area is 157 Å². The van der Waals surface area contributed by atoms with Gasteiger partial charge in [-0.15, -0.1) is 24.0 Å². The lowest BCUT2D eigenvalue weighted by atomic mass is 10.0. The van der Waals surface area contributed by atoms with Crippen LogP contribution in [0, 0.1) is 0 Å². The standard InChI is InChI=1S/C16H30N6.HI/c1-14(2)21-12-6-15(7-13-21)20-16(17-3)18-8-4-10-22-11-5-9-19-22;/h5,9,11,14-15H,4,6-8,10,12-13H2,1-3H3,(H2,17,18,20);1H. The summed E-state index contributed by atoms with van der Waals surface area (Å²) in [6.07, 6.45) is 7.22. The van der Waals surface area contributed by atoms with Gasteiger partial charge in [-0.2, -0.15) is 5.10 Å². The molecule has 0 radical (unpaired) electrons. The van der Waals surface area contributed by atoms with Gasteiger partial charge in [0.05, 0.1) is 0 Å². The number of rotatable bonds is 6. The van der Waals surface area contributed by atoms with Crippen LogP contribution < -0.4 is 10.6 Å². The summed E-state index contributed by atoms with van der Waals surface area (Å²) in [6, 6.07) is 3.14. The molecule has 0 unspecified atom stereocenters. The lowest BCUT2D eigenvalue weighted by molar-refractivity contribution is 0.167. The van der Waals surface area contributed by atoms with Gasteiger partial charge in [-0.25, -0.2) is 0 Å². The number of guanidine groups is 1. The van der Waals surface area contributed by atoms with Crippen LogP contribution in [-0.2, 0) is 6.54 Å². The van der Waals surface area contributed by atoms with Gasteiger partial charge in [0.25, 0.3) is 0 Å². The molecule has 0 aliphatic carbocycles. The Bertz CT molecular complexity index is 437. The predicted molar refractivity (Wildman–Crippen MR) is 106 cm³/mol. The van der Waals surface area contributed by atoms with Crippen LogP contribution in [0.2, 0.25) is 0 Å². The van der Waals surface area contributed by atoms with Crippen LogP contribution in [0.4, 0.5) is 0 Å². The van der Waals surface area contributed by atoms with Crippen molar-refractivity contribution in [2.75, 3.05) is 26.7 Å². The Balaban J connectivity index is 0.00000264. The third-order valence-corrected chi connectivity index (χ3v) is 4.24. The molecule has 1 saturated heterocycles. The quantitative estimate of drug-likeness (QED) is 0.311. The van der Waals surface area contributed by atoms with E-state index in [1.807, 2.05) is 30.2 Å². The van der Waals surface area contributed by atoms with Crippen molar-refractivity contribution in [2.24, 2.45) is 4.99 Å². The minimum atomic E-state index is 0. The number of likely N-dealkylation sites (tertiary alicyclic amines) is 1. The number of halogens is 1. The molecule has 0 saturated carbocycles. The first-order valence-electron chi connectivity index (χ1n) is 8.37. The molecule has 0 aromatic carbocycles. The van der Waals surface area contributed by atoms with E-state index in [9.17, 15) is 0 Å². The maximum Gasteiger partial charge on any atom is 0.191 e. The second-order valence-electron chi connectivity index (χ2n) is 6.17. The van der Waals surface area contributed by atoms with Crippen molar-refractivity contribution in [1.29, 1.82) is 0 Å². The van der Waals surface area contributed by atoms with Gasteiger partial charge in [0.2, 0.25) is 0 Å². The van der Waals surface area contributed by atoms with E-state index in [1.54, 1.807) is 0 Å². The molecule has 7 heteroatoms. The number of piperidine rings is 1. The van der Waals surface area contributed by atoms with E-state index in [-0.39, 0.29) is 24.0 Å². The number of aryl methyl sites for hydroxylation is 1. The van der Waals surface area contributed by atoms with E-state index >= 15 is 0 Å². The molecule has 2 N–H and O–H groups in total. The Hall–Kier alpha value is -0.830. The molecule has 1 aromatic heterocycles. The second kappa shape index (κ2) is 10.9. The fraction of sp³-hybridized carbons (Fsp3) is 0.750. The van der Waals surface area contributed by atoms with Crippen molar-refractivity contribution in [3.8, 4) is 0 Å². The van der Waals surface area contributed by atoms with Gasteiger partial charge in [-0.3, -0.25) is 9.67 Å². The Morgan fingerprint density at radius 1 is 1.35 bits per heavy atom. The number of aliphatic imine (C=N–C) groups is 1. The first-order valence-corrected chi connectivity index (χ1v) is 8.37. The zero-order chi connectivity index (χ0) is 15.8. The number of nitrogens with one attached hydrogen (secondary N) is 2. The van der Waals surface area contributed by atoms with Gasteiger partial charge in [0, 0.05) is 57.7 Å². The fourth-order valence-corrected chi connectivity index (χ4v) is 2.83. The zero-order valence-electron chi connectivity index (χ0n) is 14.5. The number of hydrogen-bond donors (Lipinski definition) is 2. The van der Waals surface area contributed by atoms with Gasteiger partial charge < -0.3 is 15.5 Å². The lowest BCUT2D eigenvalue weighted by Crippen LogP contribution is -2.50. The highest BCUT2D eigenvalue weighted by Crippen LogP contribution is 2.12. The molecule has 0 bridgehead atoms. The van der Waals surface area contributed by atoms with Crippen LogP contribution in [0.1, 0.15) is 33.1 Å². The van der Waals surface area contributed by atoms with E-state index in [1.165, 1.54) is 25.9 Å². The number of aromatic nitrogens is 2. The average molecular weight is 434 g/mol. The van der Waals surface area contributed by atoms with Gasteiger partial charge in [-0.1, -0.05) is 0 Å². The first-order chi connectivity index (χ1) is 10.7. The van der Waals surface area contributed by atoms with Crippen LogP contribution in [0.15, 0.2) is 23.5 Å². The Morgan fingerprint density at radius 3 is 2.65 bits per heavy atom. The molecule has 23 heavy (non-hydrogen) atoms. The lowest BCUT2D eigenvalue weighted by Gasteiger charge is -2.35. The normalized spacial score (nSPS) is 17.1. The Kier molecular flexibility index (Phi) is 9.54.